The van der Waals surface area contributed by atoms with Gasteiger partial charge in [0.15, 0.2) is 0 Å². The van der Waals surface area contributed by atoms with E-state index in [-0.39, 0.29) is 0 Å². The molecule has 1 aliphatic rings. The van der Waals surface area contributed by atoms with Gasteiger partial charge in [0.25, 0.3) is 0 Å². The number of hydrogen-bond acceptors (Lipinski definition) is 4. The lowest BCUT2D eigenvalue weighted by atomic mass is 10.2. The highest BCUT2D eigenvalue weighted by Gasteiger charge is 2.08. The molecule has 0 radical (unpaired) electrons. The molecule has 0 spiro atoms. The number of benzene rings is 1. The lowest BCUT2D eigenvalue weighted by molar-refractivity contribution is 1.37. The maximum atomic E-state index is 4.67. The van der Waals surface area contributed by atoms with Gasteiger partial charge in [0.2, 0.25) is 0 Å². The predicted octanol–water partition coefficient (Wildman–Crippen LogP) is 4.44. The van der Waals surface area contributed by atoms with Crippen molar-refractivity contribution in [2.24, 2.45) is 4.99 Å². The Hall–Kier alpha value is -1.65. The molecule has 2 nitrogen and oxygen atoms in total. The zero-order valence-corrected chi connectivity index (χ0v) is 11.1. The summed E-state index contributed by atoms with van der Waals surface area (Å²) in [7, 11) is 0. The van der Waals surface area contributed by atoms with Crippen LogP contribution in [0.25, 0.3) is 15.5 Å². The number of thiazole rings is 1. The summed E-state index contributed by atoms with van der Waals surface area (Å²) in [6, 6.07) is 10.2. The van der Waals surface area contributed by atoms with Crippen LogP contribution in [0.4, 0.5) is 0 Å². The van der Waals surface area contributed by atoms with Gasteiger partial charge in [-0.05, 0) is 11.5 Å². The lowest BCUT2D eigenvalue weighted by Gasteiger charge is -1.97. The number of allylic oxidation sites excluding steroid dienone is 1. The highest BCUT2D eigenvalue weighted by molar-refractivity contribution is 8.10. The molecule has 0 N–H and O–H groups in total. The summed E-state index contributed by atoms with van der Waals surface area (Å²) in [5, 5.41) is 5.14. The Morgan fingerprint density at radius 1 is 1.06 bits per heavy atom. The molecule has 88 valence electrons. The van der Waals surface area contributed by atoms with Crippen molar-refractivity contribution in [3.63, 3.8) is 0 Å². The van der Waals surface area contributed by atoms with Crippen LogP contribution in [0.5, 0.6) is 0 Å². The second kappa shape index (κ2) is 5.33. The molecule has 0 atom stereocenters. The van der Waals surface area contributed by atoms with E-state index >= 15 is 0 Å². The molecular weight excluding hydrogens is 260 g/mol. The number of hydrogen-bond donors (Lipinski definition) is 0. The van der Waals surface area contributed by atoms with Crippen molar-refractivity contribution in [3.8, 4) is 10.6 Å². The SMILES string of the molecule is C1=CSC(c2csc(-c3ccccc3)n2)=CN=C1. The fourth-order valence-corrected chi connectivity index (χ4v) is 3.11. The average Bonchev–Trinajstić information content (AvgIpc) is 2.76. The summed E-state index contributed by atoms with van der Waals surface area (Å²) in [4.78, 5) is 9.93. The van der Waals surface area contributed by atoms with Gasteiger partial charge in [0.1, 0.15) is 5.01 Å². The Bertz CT molecular complexity index is 624. The molecule has 0 saturated carbocycles. The number of thioether (sulfide) groups is 1. The molecule has 2 heterocycles. The first kappa shape index (κ1) is 11.4. The molecule has 18 heavy (non-hydrogen) atoms. The van der Waals surface area contributed by atoms with Gasteiger partial charge in [-0.25, -0.2) is 4.98 Å². The van der Waals surface area contributed by atoms with Crippen LogP contribution in [0.15, 0.2) is 58.4 Å². The standard InChI is InChI=1S/C14H10N2S2/c1-2-5-11(6-3-1)14-16-12(10-18-14)13-9-15-7-4-8-17-13/h1-10H. The molecule has 1 aromatic carbocycles. The highest BCUT2D eigenvalue weighted by atomic mass is 32.2. The molecule has 0 amide bonds. The predicted molar refractivity (Wildman–Crippen MR) is 80.8 cm³/mol. The van der Waals surface area contributed by atoms with E-state index in [0.29, 0.717) is 0 Å². The number of rotatable bonds is 2. The molecule has 4 heteroatoms. The molecule has 1 aromatic heterocycles. The van der Waals surface area contributed by atoms with Crippen molar-refractivity contribution in [1.82, 2.24) is 4.98 Å². The topological polar surface area (TPSA) is 25.2 Å². The van der Waals surface area contributed by atoms with Crippen molar-refractivity contribution in [1.29, 1.82) is 0 Å². The molecule has 0 aliphatic carbocycles. The first-order valence-electron chi connectivity index (χ1n) is 5.50. The van der Waals surface area contributed by atoms with Crippen molar-refractivity contribution in [2.45, 2.75) is 0 Å². The summed E-state index contributed by atoms with van der Waals surface area (Å²) >= 11 is 3.31. The Morgan fingerprint density at radius 2 is 1.94 bits per heavy atom. The second-order valence-corrected chi connectivity index (χ2v) is 5.45. The zero-order valence-electron chi connectivity index (χ0n) is 9.48. The summed E-state index contributed by atoms with van der Waals surface area (Å²) in [6.45, 7) is 0. The Kier molecular flexibility index (Phi) is 3.39. The van der Waals surface area contributed by atoms with Crippen LogP contribution in [-0.4, -0.2) is 11.2 Å². The maximum Gasteiger partial charge on any atom is 0.124 e. The first-order valence-corrected chi connectivity index (χ1v) is 7.26. The van der Waals surface area contributed by atoms with Crippen molar-refractivity contribution >= 4 is 34.2 Å². The van der Waals surface area contributed by atoms with E-state index in [0.717, 1.165) is 21.2 Å². The molecule has 0 unspecified atom stereocenters. The van der Waals surface area contributed by atoms with Crippen molar-refractivity contribution in [2.75, 3.05) is 0 Å². The minimum Gasteiger partial charge on any atom is -0.263 e. The van der Waals surface area contributed by atoms with Crippen LogP contribution < -0.4 is 0 Å². The van der Waals surface area contributed by atoms with E-state index in [1.54, 1.807) is 29.3 Å². The zero-order chi connectivity index (χ0) is 12.2. The molecule has 3 rings (SSSR count). The quantitative estimate of drug-likeness (QED) is 0.806. The maximum absolute atomic E-state index is 4.67. The third kappa shape index (κ3) is 2.44. The van der Waals surface area contributed by atoms with E-state index in [2.05, 4.69) is 27.5 Å². The summed E-state index contributed by atoms with van der Waals surface area (Å²) < 4.78 is 0. The Labute approximate surface area is 114 Å². The van der Waals surface area contributed by atoms with Crippen LogP contribution in [-0.2, 0) is 0 Å². The van der Waals surface area contributed by atoms with Gasteiger partial charge in [-0.3, -0.25) is 4.99 Å². The largest absolute Gasteiger partial charge is 0.263 e. The Balaban J connectivity index is 1.93. The minimum absolute atomic E-state index is 0.993. The van der Waals surface area contributed by atoms with E-state index in [9.17, 15) is 0 Å². The van der Waals surface area contributed by atoms with Gasteiger partial charge in [-0.1, -0.05) is 42.1 Å². The third-order valence-electron chi connectivity index (χ3n) is 2.41. The van der Waals surface area contributed by atoms with Gasteiger partial charge < -0.3 is 0 Å². The molecule has 0 bridgehead atoms. The monoisotopic (exact) mass is 270 g/mol. The van der Waals surface area contributed by atoms with Crippen LogP contribution in [0.2, 0.25) is 0 Å². The van der Waals surface area contributed by atoms with Gasteiger partial charge in [-0.15, -0.1) is 11.3 Å². The number of aromatic nitrogens is 1. The average molecular weight is 270 g/mol. The number of nitrogens with zero attached hydrogens (tertiary/aromatic N) is 2. The minimum atomic E-state index is 0.993. The third-order valence-corrected chi connectivity index (χ3v) is 4.17. The van der Waals surface area contributed by atoms with Crippen LogP contribution in [0.3, 0.4) is 0 Å². The van der Waals surface area contributed by atoms with E-state index < -0.39 is 0 Å². The van der Waals surface area contributed by atoms with E-state index in [4.69, 9.17) is 0 Å². The molecule has 2 aromatic rings. The smallest absolute Gasteiger partial charge is 0.124 e. The van der Waals surface area contributed by atoms with E-state index in [1.165, 1.54) is 0 Å². The summed E-state index contributed by atoms with van der Waals surface area (Å²) in [5.41, 5.74) is 2.15. The highest BCUT2D eigenvalue weighted by Crippen LogP contribution is 2.33. The van der Waals surface area contributed by atoms with Gasteiger partial charge in [-0.2, -0.15) is 0 Å². The Morgan fingerprint density at radius 3 is 2.83 bits per heavy atom. The van der Waals surface area contributed by atoms with Crippen molar-refractivity contribution in [3.05, 3.63) is 59.1 Å². The van der Waals surface area contributed by atoms with Crippen LogP contribution >= 0.6 is 23.1 Å². The summed E-state index contributed by atoms with van der Waals surface area (Å²) in [6.07, 6.45) is 5.57. The second-order valence-electron chi connectivity index (χ2n) is 3.64. The van der Waals surface area contributed by atoms with Gasteiger partial charge >= 0.3 is 0 Å². The van der Waals surface area contributed by atoms with Crippen LogP contribution in [0, 0.1) is 0 Å². The normalized spacial score (nSPS) is 14.3. The molecule has 0 saturated heterocycles. The van der Waals surface area contributed by atoms with Crippen LogP contribution in [0.1, 0.15) is 5.69 Å². The fourth-order valence-electron chi connectivity index (χ4n) is 1.57. The lowest BCUT2D eigenvalue weighted by Crippen LogP contribution is -1.80. The van der Waals surface area contributed by atoms with Crippen molar-refractivity contribution < 1.29 is 0 Å². The fraction of sp³-hybridized carbons (Fsp3) is 0. The number of aliphatic imine (C=N–C) groups is 1. The summed E-state index contributed by atoms with van der Waals surface area (Å²) in [5.74, 6) is 0. The molecule has 1 aliphatic heterocycles. The molecular formula is C14H10N2S2. The van der Waals surface area contributed by atoms with E-state index in [1.807, 2.05) is 35.9 Å². The van der Waals surface area contributed by atoms with Gasteiger partial charge in [0.05, 0.1) is 10.6 Å². The molecule has 0 fully saturated rings. The first-order chi connectivity index (χ1) is 8.93. The van der Waals surface area contributed by atoms with Gasteiger partial charge in [0, 0.05) is 23.4 Å².